The average molecular weight is 211 g/mol. The molecule has 1 fully saturated rings. The molecule has 1 aliphatic rings. The molecule has 15 heavy (non-hydrogen) atoms. The van der Waals surface area contributed by atoms with Crippen LogP contribution in [-0.2, 0) is 9.59 Å². The minimum Gasteiger partial charge on any atom is -0.361 e. The van der Waals surface area contributed by atoms with Gasteiger partial charge in [0.05, 0.1) is 0 Å². The van der Waals surface area contributed by atoms with E-state index in [-0.39, 0.29) is 0 Å². The van der Waals surface area contributed by atoms with E-state index in [1.165, 1.54) is 6.42 Å². The van der Waals surface area contributed by atoms with Crippen LogP contribution in [0, 0.1) is 11.8 Å². The number of carbonyl (C=O) groups excluding carboxylic acids is 2. The number of carbonyl (C=O) groups is 2. The van der Waals surface area contributed by atoms with Crippen LogP contribution in [0.3, 0.4) is 0 Å². The van der Waals surface area contributed by atoms with Crippen molar-refractivity contribution >= 4 is 17.5 Å². The molecular weight excluding hydrogens is 194 g/mol. The third kappa shape index (κ3) is 3.04. The van der Waals surface area contributed by atoms with Crippen LogP contribution in [0.1, 0.15) is 33.1 Å². The maximum Gasteiger partial charge on any atom is 0.329 e. The SMILES string of the molecule is C[C@H]1CCC[C@H](C)C1=NNC(=O)C(N)=O. The molecular formula is C10H17N3O2. The first-order valence-electron chi connectivity index (χ1n) is 5.19. The van der Waals surface area contributed by atoms with Crippen LogP contribution in [0.4, 0.5) is 0 Å². The third-order valence-electron chi connectivity index (χ3n) is 2.79. The zero-order valence-electron chi connectivity index (χ0n) is 9.12. The van der Waals surface area contributed by atoms with E-state index in [9.17, 15) is 9.59 Å². The fraction of sp³-hybridized carbons (Fsp3) is 0.700. The van der Waals surface area contributed by atoms with Gasteiger partial charge in [-0.15, -0.1) is 0 Å². The topological polar surface area (TPSA) is 84.6 Å². The molecule has 0 unspecified atom stereocenters. The number of amides is 2. The summed E-state index contributed by atoms with van der Waals surface area (Å²) in [5.74, 6) is -1.13. The Morgan fingerprint density at radius 1 is 1.33 bits per heavy atom. The van der Waals surface area contributed by atoms with Crippen molar-refractivity contribution in [3.63, 3.8) is 0 Å². The van der Waals surface area contributed by atoms with Gasteiger partial charge in [-0.1, -0.05) is 20.3 Å². The molecule has 2 atom stereocenters. The summed E-state index contributed by atoms with van der Waals surface area (Å²) in [5, 5.41) is 3.98. The zero-order valence-corrected chi connectivity index (χ0v) is 9.12. The molecule has 0 bridgehead atoms. The van der Waals surface area contributed by atoms with E-state index in [1.807, 2.05) is 0 Å². The Morgan fingerprint density at radius 2 is 1.87 bits per heavy atom. The predicted octanol–water partition coefficient (Wildman–Crippen LogP) is 0.400. The lowest BCUT2D eigenvalue weighted by Gasteiger charge is -2.26. The van der Waals surface area contributed by atoms with Crippen molar-refractivity contribution in [1.82, 2.24) is 5.43 Å². The highest BCUT2D eigenvalue weighted by Crippen LogP contribution is 2.25. The van der Waals surface area contributed by atoms with Gasteiger partial charge in [0, 0.05) is 5.71 Å². The maximum absolute atomic E-state index is 10.9. The van der Waals surface area contributed by atoms with Crippen molar-refractivity contribution in [2.24, 2.45) is 22.7 Å². The van der Waals surface area contributed by atoms with Gasteiger partial charge in [-0.2, -0.15) is 5.10 Å². The van der Waals surface area contributed by atoms with Crippen LogP contribution in [0.15, 0.2) is 5.10 Å². The first-order valence-corrected chi connectivity index (χ1v) is 5.19. The largest absolute Gasteiger partial charge is 0.361 e. The van der Waals surface area contributed by atoms with Gasteiger partial charge in [-0.25, -0.2) is 5.43 Å². The van der Waals surface area contributed by atoms with E-state index in [0.717, 1.165) is 18.6 Å². The normalized spacial score (nSPS) is 25.9. The predicted molar refractivity (Wildman–Crippen MR) is 57.0 cm³/mol. The van der Waals surface area contributed by atoms with Crippen molar-refractivity contribution in [2.45, 2.75) is 33.1 Å². The van der Waals surface area contributed by atoms with Gasteiger partial charge in [-0.05, 0) is 24.7 Å². The molecule has 0 saturated heterocycles. The number of hydrogen-bond acceptors (Lipinski definition) is 3. The van der Waals surface area contributed by atoms with Crippen molar-refractivity contribution < 1.29 is 9.59 Å². The smallest absolute Gasteiger partial charge is 0.329 e. The van der Waals surface area contributed by atoms with Gasteiger partial charge in [-0.3, -0.25) is 9.59 Å². The Morgan fingerprint density at radius 3 is 2.33 bits per heavy atom. The molecule has 0 aromatic rings. The minimum atomic E-state index is -1.00. The molecule has 0 heterocycles. The van der Waals surface area contributed by atoms with Crippen LogP contribution in [0.25, 0.3) is 0 Å². The molecule has 1 rings (SSSR count). The summed E-state index contributed by atoms with van der Waals surface area (Å²) in [4.78, 5) is 21.4. The second-order valence-electron chi connectivity index (χ2n) is 4.07. The number of primary amides is 1. The quantitative estimate of drug-likeness (QED) is 0.486. The molecule has 3 N–H and O–H groups in total. The van der Waals surface area contributed by atoms with E-state index < -0.39 is 11.8 Å². The highest BCUT2D eigenvalue weighted by atomic mass is 16.2. The molecule has 5 heteroatoms. The molecule has 0 aromatic heterocycles. The van der Waals surface area contributed by atoms with Crippen molar-refractivity contribution in [3.8, 4) is 0 Å². The summed E-state index contributed by atoms with van der Waals surface area (Å²) in [6, 6.07) is 0. The molecule has 2 amide bonds. The van der Waals surface area contributed by atoms with E-state index in [0.29, 0.717) is 11.8 Å². The van der Waals surface area contributed by atoms with Gasteiger partial charge < -0.3 is 5.73 Å². The van der Waals surface area contributed by atoms with Crippen molar-refractivity contribution in [2.75, 3.05) is 0 Å². The molecule has 1 saturated carbocycles. The summed E-state index contributed by atoms with van der Waals surface area (Å²) in [7, 11) is 0. The monoisotopic (exact) mass is 211 g/mol. The van der Waals surface area contributed by atoms with Crippen LogP contribution in [-0.4, -0.2) is 17.5 Å². The first kappa shape index (κ1) is 11.7. The van der Waals surface area contributed by atoms with Crippen molar-refractivity contribution in [1.29, 1.82) is 0 Å². The van der Waals surface area contributed by atoms with Crippen LogP contribution in [0.2, 0.25) is 0 Å². The number of rotatable bonds is 1. The van der Waals surface area contributed by atoms with E-state index in [1.54, 1.807) is 0 Å². The minimum absolute atomic E-state index is 0.363. The maximum atomic E-state index is 10.9. The van der Waals surface area contributed by atoms with Gasteiger partial charge >= 0.3 is 11.8 Å². The second kappa shape index (κ2) is 4.91. The Balaban J connectivity index is 2.63. The Bertz CT molecular complexity index is 287. The summed E-state index contributed by atoms with van der Waals surface area (Å²) >= 11 is 0. The van der Waals surface area contributed by atoms with Gasteiger partial charge in [0.1, 0.15) is 0 Å². The standard InChI is InChI=1S/C10H17N3O2/c1-6-4-3-5-7(2)8(6)12-13-10(15)9(11)14/h6-7H,3-5H2,1-2H3,(H2,11,14)(H,13,15)/t6-,7-/m0/s1. The van der Waals surface area contributed by atoms with Crippen LogP contribution >= 0.6 is 0 Å². The Kier molecular flexibility index (Phi) is 3.82. The van der Waals surface area contributed by atoms with Crippen LogP contribution in [0.5, 0.6) is 0 Å². The average Bonchev–Trinajstić information content (AvgIpc) is 2.16. The lowest BCUT2D eigenvalue weighted by Crippen LogP contribution is -2.35. The molecule has 0 aliphatic heterocycles. The number of hydrazone groups is 1. The molecule has 0 aromatic carbocycles. The summed E-state index contributed by atoms with van der Waals surface area (Å²) < 4.78 is 0. The van der Waals surface area contributed by atoms with E-state index in [4.69, 9.17) is 5.73 Å². The van der Waals surface area contributed by atoms with Crippen LogP contribution < -0.4 is 11.2 Å². The number of hydrogen-bond donors (Lipinski definition) is 2. The second-order valence-corrected chi connectivity index (χ2v) is 4.07. The summed E-state index contributed by atoms with van der Waals surface area (Å²) in [6.07, 6.45) is 3.34. The zero-order chi connectivity index (χ0) is 11.4. The number of nitrogens with one attached hydrogen (secondary N) is 1. The highest BCUT2D eigenvalue weighted by Gasteiger charge is 2.23. The van der Waals surface area contributed by atoms with E-state index in [2.05, 4.69) is 24.4 Å². The Labute approximate surface area is 89.1 Å². The molecule has 84 valence electrons. The highest BCUT2D eigenvalue weighted by molar-refractivity contribution is 6.34. The fourth-order valence-electron chi connectivity index (χ4n) is 1.90. The fourth-order valence-corrected chi connectivity index (χ4v) is 1.90. The number of nitrogens with two attached hydrogens (primary N) is 1. The van der Waals surface area contributed by atoms with Gasteiger partial charge in [0.15, 0.2) is 0 Å². The van der Waals surface area contributed by atoms with Gasteiger partial charge in [0.2, 0.25) is 0 Å². The lowest BCUT2D eigenvalue weighted by atomic mass is 9.81. The molecule has 0 spiro atoms. The summed E-state index contributed by atoms with van der Waals surface area (Å²) in [5.41, 5.74) is 7.94. The molecule has 0 radical (unpaired) electrons. The number of nitrogens with zero attached hydrogens (tertiary/aromatic N) is 1. The Hall–Kier alpha value is -1.39. The third-order valence-corrected chi connectivity index (χ3v) is 2.79. The molecule has 5 nitrogen and oxygen atoms in total. The van der Waals surface area contributed by atoms with Crippen molar-refractivity contribution in [3.05, 3.63) is 0 Å². The first-order chi connectivity index (χ1) is 7.02. The van der Waals surface area contributed by atoms with E-state index >= 15 is 0 Å². The van der Waals surface area contributed by atoms with Gasteiger partial charge in [0.25, 0.3) is 0 Å². The summed E-state index contributed by atoms with van der Waals surface area (Å²) in [6.45, 7) is 4.15. The molecule has 1 aliphatic carbocycles. The lowest BCUT2D eigenvalue weighted by molar-refractivity contribution is -0.137.